The summed E-state index contributed by atoms with van der Waals surface area (Å²) >= 11 is 0. The summed E-state index contributed by atoms with van der Waals surface area (Å²) in [6.07, 6.45) is 5.45. The maximum Gasteiger partial charge on any atom is 0.309 e. The van der Waals surface area contributed by atoms with E-state index in [9.17, 15) is 4.79 Å². The van der Waals surface area contributed by atoms with Crippen molar-refractivity contribution in [1.82, 2.24) is 0 Å². The molecule has 0 aromatic heterocycles. The molecule has 0 unspecified atom stereocenters. The van der Waals surface area contributed by atoms with Crippen molar-refractivity contribution in [2.75, 3.05) is 6.61 Å². The Kier molecular flexibility index (Phi) is 6.01. The minimum atomic E-state index is -0.759. The molecule has 0 radical (unpaired) electrons. The molecule has 0 bridgehead atoms. The summed E-state index contributed by atoms with van der Waals surface area (Å²) in [7, 11) is 0. The Balaban J connectivity index is 2.61. The van der Waals surface area contributed by atoms with Gasteiger partial charge in [-0.05, 0) is 76.3 Å². The Morgan fingerprint density at radius 2 is 1.95 bits per heavy atom. The molecule has 1 N–H and O–H groups in total. The van der Waals surface area contributed by atoms with Gasteiger partial charge in [0.15, 0.2) is 0 Å². The van der Waals surface area contributed by atoms with E-state index in [-0.39, 0.29) is 0 Å². The van der Waals surface area contributed by atoms with Crippen molar-refractivity contribution in [3.05, 3.63) is 34.9 Å². The van der Waals surface area contributed by atoms with Gasteiger partial charge in [-0.1, -0.05) is 12.2 Å². The molecule has 0 spiro atoms. The van der Waals surface area contributed by atoms with Crippen LogP contribution in [0.4, 0.5) is 0 Å². The van der Waals surface area contributed by atoms with Gasteiger partial charge in [0.2, 0.25) is 0 Å². The Morgan fingerprint density at radius 3 is 2.52 bits per heavy atom. The molecular weight excluding hydrogens is 264 g/mol. The number of rotatable bonds is 7. The van der Waals surface area contributed by atoms with Gasteiger partial charge in [0.05, 0.1) is 12.0 Å². The third kappa shape index (κ3) is 4.92. The fourth-order valence-corrected chi connectivity index (χ4v) is 2.13. The summed E-state index contributed by atoms with van der Waals surface area (Å²) in [4.78, 5) is 11.0. The van der Waals surface area contributed by atoms with E-state index in [1.807, 2.05) is 26.0 Å². The zero-order valence-electron chi connectivity index (χ0n) is 13.7. The molecular formula is C18H26O3. The molecule has 3 heteroatoms. The first-order valence-corrected chi connectivity index (χ1v) is 7.38. The van der Waals surface area contributed by atoms with Crippen LogP contribution in [0.2, 0.25) is 0 Å². The number of carboxylic acid groups (broad SMARTS) is 1. The number of carboxylic acids is 1. The second kappa shape index (κ2) is 7.30. The van der Waals surface area contributed by atoms with E-state index in [4.69, 9.17) is 9.84 Å². The highest BCUT2D eigenvalue weighted by Gasteiger charge is 2.26. The molecule has 1 rings (SSSR count). The molecule has 0 saturated carbocycles. The lowest BCUT2D eigenvalue weighted by Gasteiger charge is -2.19. The largest absolute Gasteiger partial charge is 0.493 e. The summed E-state index contributed by atoms with van der Waals surface area (Å²) < 4.78 is 5.81. The molecule has 3 nitrogen and oxygen atoms in total. The molecule has 0 saturated heterocycles. The highest BCUT2D eigenvalue weighted by molar-refractivity contribution is 5.73. The second-order valence-electron chi connectivity index (χ2n) is 6.12. The Labute approximate surface area is 127 Å². The van der Waals surface area contributed by atoms with Gasteiger partial charge in [-0.25, -0.2) is 0 Å². The van der Waals surface area contributed by atoms with Gasteiger partial charge in [-0.2, -0.15) is 0 Å². The third-order valence-corrected chi connectivity index (χ3v) is 3.69. The first kappa shape index (κ1) is 17.3. The summed E-state index contributed by atoms with van der Waals surface area (Å²) in [6, 6.07) is 4.17. The van der Waals surface area contributed by atoms with Crippen molar-refractivity contribution in [2.24, 2.45) is 5.41 Å². The second-order valence-corrected chi connectivity index (χ2v) is 6.12. The van der Waals surface area contributed by atoms with E-state index in [1.165, 1.54) is 11.1 Å². The van der Waals surface area contributed by atoms with Crippen molar-refractivity contribution < 1.29 is 14.6 Å². The van der Waals surface area contributed by atoms with E-state index >= 15 is 0 Å². The fourth-order valence-electron chi connectivity index (χ4n) is 2.13. The number of aliphatic carboxylic acids is 1. The quantitative estimate of drug-likeness (QED) is 0.746. The van der Waals surface area contributed by atoms with Crippen LogP contribution in [0.25, 0.3) is 6.08 Å². The zero-order chi connectivity index (χ0) is 16.0. The van der Waals surface area contributed by atoms with E-state index in [1.54, 1.807) is 13.8 Å². The molecule has 0 amide bonds. The van der Waals surface area contributed by atoms with Gasteiger partial charge < -0.3 is 9.84 Å². The van der Waals surface area contributed by atoms with Crippen molar-refractivity contribution in [1.29, 1.82) is 0 Å². The topological polar surface area (TPSA) is 46.5 Å². The van der Waals surface area contributed by atoms with E-state index in [0.29, 0.717) is 13.0 Å². The van der Waals surface area contributed by atoms with Crippen LogP contribution in [0.15, 0.2) is 18.2 Å². The number of hydrogen-bond acceptors (Lipinski definition) is 2. The standard InChI is InChI=1S/C18H26O3/c1-6-8-15-11-14(3)16(12-13(15)2)21-10-7-9-18(4,5)17(19)20/h6,8,11-12H,7,9-10H2,1-5H3,(H,19,20)/b8-6+. The summed E-state index contributed by atoms with van der Waals surface area (Å²) in [5, 5.41) is 9.07. The highest BCUT2D eigenvalue weighted by atomic mass is 16.5. The minimum Gasteiger partial charge on any atom is -0.493 e. The maximum atomic E-state index is 11.0. The lowest BCUT2D eigenvalue weighted by molar-refractivity contribution is -0.147. The number of hydrogen-bond donors (Lipinski definition) is 1. The molecule has 21 heavy (non-hydrogen) atoms. The number of aryl methyl sites for hydroxylation is 2. The van der Waals surface area contributed by atoms with Gasteiger partial charge >= 0.3 is 5.97 Å². The summed E-state index contributed by atoms with van der Waals surface area (Å²) in [6.45, 7) is 10.1. The van der Waals surface area contributed by atoms with E-state index in [2.05, 4.69) is 19.1 Å². The average molecular weight is 290 g/mol. The third-order valence-electron chi connectivity index (χ3n) is 3.69. The van der Waals surface area contributed by atoms with Gasteiger partial charge in [-0.3, -0.25) is 4.79 Å². The normalized spacial score (nSPS) is 11.9. The zero-order valence-corrected chi connectivity index (χ0v) is 13.7. The molecule has 1 aromatic carbocycles. The van der Waals surface area contributed by atoms with Gasteiger partial charge in [0.1, 0.15) is 5.75 Å². The first-order valence-electron chi connectivity index (χ1n) is 7.38. The average Bonchev–Trinajstić information content (AvgIpc) is 2.39. The molecule has 1 aromatic rings. The minimum absolute atomic E-state index is 0.542. The summed E-state index contributed by atoms with van der Waals surface area (Å²) in [5.74, 6) is 0.124. The van der Waals surface area contributed by atoms with Crippen molar-refractivity contribution in [3.8, 4) is 5.75 Å². The SMILES string of the molecule is C/C=C/c1cc(C)c(OCCCC(C)(C)C(=O)O)cc1C. The van der Waals surface area contributed by atoms with Gasteiger partial charge in [-0.15, -0.1) is 0 Å². The van der Waals surface area contributed by atoms with Crippen molar-refractivity contribution in [2.45, 2.75) is 47.5 Å². The predicted molar refractivity (Wildman–Crippen MR) is 86.8 cm³/mol. The van der Waals surface area contributed by atoms with Crippen LogP contribution in [0.3, 0.4) is 0 Å². The van der Waals surface area contributed by atoms with E-state index < -0.39 is 11.4 Å². The Morgan fingerprint density at radius 1 is 1.29 bits per heavy atom. The van der Waals surface area contributed by atoms with Crippen LogP contribution in [-0.2, 0) is 4.79 Å². The van der Waals surface area contributed by atoms with Crippen LogP contribution in [0.5, 0.6) is 5.75 Å². The molecule has 0 heterocycles. The van der Waals surface area contributed by atoms with Crippen LogP contribution in [0, 0.1) is 19.3 Å². The Hall–Kier alpha value is -1.77. The monoisotopic (exact) mass is 290 g/mol. The molecule has 116 valence electrons. The van der Waals surface area contributed by atoms with Crippen LogP contribution in [0.1, 0.15) is 50.3 Å². The van der Waals surface area contributed by atoms with Gasteiger partial charge in [0.25, 0.3) is 0 Å². The van der Waals surface area contributed by atoms with Gasteiger partial charge in [0, 0.05) is 0 Å². The molecule has 0 atom stereocenters. The summed E-state index contributed by atoms with van der Waals surface area (Å²) in [5.41, 5.74) is 2.80. The van der Waals surface area contributed by atoms with Crippen LogP contribution >= 0.6 is 0 Å². The first-order chi connectivity index (χ1) is 9.77. The lowest BCUT2D eigenvalue weighted by Crippen LogP contribution is -2.24. The maximum absolute atomic E-state index is 11.0. The fraction of sp³-hybridized carbons (Fsp3) is 0.500. The molecule has 0 aliphatic heterocycles. The highest BCUT2D eigenvalue weighted by Crippen LogP contribution is 2.26. The number of ether oxygens (including phenoxy) is 1. The van der Waals surface area contributed by atoms with Crippen LogP contribution in [-0.4, -0.2) is 17.7 Å². The smallest absolute Gasteiger partial charge is 0.309 e. The molecule has 0 aliphatic carbocycles. The Bertz CT molecular complexity index is 528. The van der Waals surface area contributed by atoms with Crippen molar-refractivity contribution >= 4 is 12.0 Å². The number of carbonyl (C=O) groups is 1. The molecule has 0 fully saturated rings. The van der Waals surface area contributed by atoms with Crippen molar-refractivity contribution in [3.63, 3.8) is 0 Å². The number of benzene rings is 1. The molecule has 0 aliphatic rings. The van der Waals surface area contributed by atoms with E-state index in [0.717, 1.165) is 17.7 Å². The van der Waals surface area contributed by atoms with Crippen LogP contribution < -0.4 is 4.74 Å². The predicted octanol–water partition coefficient (Wildman–Crippen LogP) is 4.61. The lowest BCUT2D eigenvalue weighted by atomic mass is 9.88. The number of allylic oxidation sites excluding steroid dienone is 1.